The fraction of sp³-hybridized carbons (Fsp3) is 0.353. The number of amides is 2. The Kier molecular flexibility index (Phi) is 7.85. The molecule has 7 heteroatoms. The lowest BCUT2D eigenvalue weighted by Gasteiger charge is -2.17. The Hall–Kier alpha value is -3.01. The van der Waals surface area contributed by atoms with E-state index in [0.29, 0.717) is 11.3 Å². The molecule has 1 atom stereocenters. The highest BCUT2D eigenvalue weighted by Gasteiger charge is 2.25. The average molecular weight is 332 g/mol. The Bertz CT molecular complexity index is 619. The van der Waals surface area contributed by atoms with E-state index in [1.165, 1.54) is 0 Å². The van der Waals surface area contributed by atoms with Crippen LogP contribution in [-0.4, -0.2) is 37.2 Å². The number of terminal acetylenes is 1. The van der Waals surface area contributed by atoms with Gasteiger partial charge < -0.3 is 20.1 Å². The van der Waals surface area contributed by atoms with E-state index >= 15 is 0 Å². The van der Waals surface area contributed by atoms with Crippen LogP contribution in [0.15, 0.2) is 24.3 Å². The first-order valence-electron chi connectivity index (χ1n) is 7.46. The van der Waals surface area contributed by atoms with Gasteiger partial charge in [0.2, 0.25) is 0 Å². The molecule has 0 aliphatic rings. The van der Waals surface area contributed by atoms with Gasteiger partial charge in [0.05, 0.1) is 19.6 Å². The highest BCUT2D eigenvalue weighted by molar-refractivity contribution is 5.93. The van der Waals surface area contributed by atoms with Crippen LogP contribution in [0.3, 0.4) is 0 Å². The predicted molar refractivity (Wildman–Crippen MR) is 88.2 cm³/mol. The van der Waals surface area contributed by atoms with Crippen LogP contribution < -0.4 is 10.6 Å². The number of nitrogens with one attached hydrogen (secondary N) is 2. The van der Waals surface area contributed by atoms with Crippen LogP contribution in [0, 0.1) is 12.3 Å². The van der Waals surface area contributed by atoms with Crippen LogP contribution in [0.4, 0.5) is 10.5 Å². The Morgan fingerprint density at radius 2 is 1.75 bits per heavy atom. The van der Waals surface area contributed by atoms with Crippen LogP contribution in [-0.2, 0) is 19.1 Å². The molecule has 0 aromatic heterocycles. The van der Waals surface area contributed by atoms with E-state index in [4.69, 9.17) is 15.9 Å². The average Bonchev–Trinajstić information content (AvgIpc) is 2.55. The third kappa shape index (κ3) is 6.40. The first kappa shape index (κ1) is 19.0. The molecule has 0 unspecified atom stereocenters. The minimum Gasteiger partial charge on any atom is -0.466 e. The van der Waals surface area contributed by atoms with Gasteiger partial charge in [-0.2, -0.15) is 0 Å². The van der Waals surface area contributed by atoms with Crippen molar-refractivity contribution < 1.29 is 23.9 Å². The first-order valence-corrected chi connectivity index (χ1v) is 7.46. The minimum atomic E-state index is -1.13. The van der Waals surface area contributed by atoms with Crippen LogP contribution in [0.1, 0.15) is 25.8 Å². The molecular formula is C17H20N2O5. The van der Waals surface area contributed by atoms with E-state index in [9.17, 15) is 14.4 Å². The standard InChI is InChI=1S/C17H20N2O5/c1-4-12-7-9-13(10-8-12)18-17(22)19-14(16(21)24-6-3)11-15(20)23-5-2/h1,7-10,14H,5-6,11H2,2-3H3,(H2,18,19,22)/t14-/m0/s1. The summed E-state index contributed by atoms with van der Waals surface area (Å²) in [4.78, 5) is 35.4. The third-order valence-electron chi connectivity index (χ3n) is 2.86. The van der Waals surface area contributed by atoms with Crippen LogP contribution in [0.2, 0.25) is 0 Å². The normalized spacial score (nSPS) is 10.9. The number of urea groups is 1. The van der Waals surface area contributed by atoms with Crippen molar-refractivity contribution >= 4 is 23.7 Å². The second-order valence-corrected chi connectivity index (χ2v) is 4.63. The summed E-state index contributed by atoms with van der Waals surface area (Å²) in [7, 11) is 0. The number of anilines is 1. The minimum absolute atomic E-state index is 0.134. The van der Waals surface area contributed by atoms with E-state index in [2.05, 4.69) is 16.6 Å². The molecule has 1 aromatic carbocycles. The molecule has 0 heterocycles. The van der Waals surface area contributed by atoms with E-state index in [0.717, 1.165) is 0 Å². The van der Waals surface area contributed by atoms with Crippen molar-refractivity contribution in [3.63, 3.8) is 0 Å². The van der Waals surface area contributed by atoms with E-state index in [-0.39, 0.29) is 19.6 Å². The summed E-state index contributed by atoms with van der Waals surface area (Å²) in [5, 5.41) is 4.95. The number of esters is 2. The Morgan fingerprint density at radius 1 is 1.12 bits per heavy atom. The maximum absolute atomic E-state index is 12.0. The molecule has 0 saturated carbocycles. The number of benzene rings is 1. The molecule has 2 N–H and O–H groups in total. The molecule has 0 fully saturated rings. The summed E-state index contributed by atoms with van der Waals surface area (Å²) >= 11 is 0. The zero-order valence-electron chi connectivity index (χ0n) is 13.6. The molecule has 7 nitrogen and oxygen atoms in total. The molecule has 0 spiro atoms. The summed E-state index contributed by atoms with van der Waals surface area (Å²) in [6, 6.07) is 4.80. The fourth-order valence-electron chi connectivity index (χ4n) is 1.80. The molecular weight excluding hydrogens is 312 g/mol. The van der Waals surface area contributed by atoms with Gasteiger partial charge in [-0.1, -0.05) is 5.92 Å². The van der Waals surface area contributed by atoms with Gasteiger partial charge >= 0.3 is 18.0 Å². The summed E-state index contributed by atoms with van der Waals surface area (Å²) in [5.41, 5.74) is 1.16. The van der Waals surface area contributed by atoms with Gasteiger partial charge in [0.15, 0.2) is 0 Å². The maximum atomic E-state index is 12.0. The first-order chi connectivity index (χ1) is 11.5. The summed E-state index contributed by atoms with van der Waals surface area (Å²) < 4.78 is 9.64. The van der Waals surface area contributed by atoms with Gasteiger partial charge in [-0.25, -0.2) is 9.59 Å². The number of rotatable bonds is 7. The molecule has 1 aromatic rings. The Balaban J connectivity index is 2.69. The zero-order chi connectivity index (χ0) is 17.9. The maximum Gasteiger partial charge on any atom is 0.329 e. The third-order valence-corrected chi connectivity index (χ3v) is 2.86. The van der Waals surface area contributed by atoms with Crippen LogP contribution >= 0.6 is 0 Å². The van der Waals surface area contributed by atoms with Crippen molar-refractivity contribution in [1.82, 2.24) is 5.32 Å². The van der Waals surface area contributed by atoms with Crippen molar-refractivity contribution in [3.8, 4) is 12.3 Å². The molecule has 2 amide bonds. The number of ether oxygens (including phenoxy) is 2. The topological polar surface area (TPSA) is 93.7 Å². The molecule has 0 aliphatic heterocycles. The number of hydrogen-bond donors (Lipinski definition) is 2. The highest BCUT2D eigenvalue weighted by Crippen LogP contribution is 2.09. The molecule has 0 radical (unpaired) electrons. The number of carbonyl (C=O) groups excluding carboxylic acids is 3. The molecule has 0 saturated heterocycles. The van der Waals surface area contributed by atoms with Gasteiger partial charge in [-0.15, -0.1) is 6.42 Å². The summed E-state index contributed by atoms with van der Waals surface area (Å²) in [6.07, 6.45) is 4.95. The highest BCUT2D eigenvalue weighted by atomic mass is 16.5. The van der Waals surface area contributed by atoms with Crippen molar-refractivity contribution in [2.24, 2.45) is 0 Å². The molecule has 0 bridgehead atoms. The Labute approximate surface area is 140 Å². The predicted octanol–water partition coefficient (Wildman–Crippen LogP) is 1.67. The molecule has 1 rings (SSSR count). The molecule has 128 valence electrons. The van der Waals surface area contributed by atoms with Gasteiger partial charge in [0, 0.05) is 11.3 Å². The fourth-order valence-corrected chi connectivity index (χ4v) is 1.80. The summed E-state index contributed by atoms with van der Waals surface area (Å²) in [5.74, 6) is 1.15. The van der Waals surface area contributed by atoms with Crippen LogP contribution in [0.5, 0.6) is 0 Å². The van der Waals surface area contributed by atoms with E-state index in [1.54, 1.807) is 38.1 Å². The lowest BCUT2D eigenvalue weighted by atomic mass is 10.2. The van der Waals surface area contributed by atoms with Crippen molar-refractivity contribution in [2.45, 2.75) is 26.3 Å². The van der Waals surface area contributed by atoms with Crippen molar-refractivity contribution in [2.75, 3.05) is 18.5 Å². The lowest BCUT2D eigenvalue weighted by Crippen LogP contribution is -2.45. The zero-order valence-corrected chi connectivity index (χ0v) is 13.6. The second kappa shape index (κ2) is 9.90. The SMILES string of the molecule is C#Cc1ccc(NC(=O)N[C@@H](CC(=O)OCC)C(=O)OCC)cc1. The smallest absolute Gasteiger partial charge is 0.329 e. The largest absolute Gasteiger partial charge is 0.466 e. The Morgan fingerprint density at radius 3 is 2.29 bits per heavy atom. The van der Waals surface area contributed by atoms with E-state index in [1.807, 2.05) is 0 Å². The van der Waals surface area contributed by atoms with E-state index < -0.39 is 24.0 Å². The van der Waals surface area contributed by atoms with Gasteiger partial charge in [0.1, 0.15) is 6.04 Å². The van der Waals surface area contributed by atoms with Crippen molar-refractivity contribution in [1.29, 1.82) is 0 Å². The number of carbonyl (C=O) groups is 3. The van der Waals surface area contributed by atoms with Gasteiger partial charge in [0.25, 0.3) is 0 Å². The van der Waals surface area contributed by atoms with Crippen molar-refractivity contribution in [3.05, 3.63) is 29.8 Å². The van der Waals surface area contributed by atoms with Gasteiger partial charge in [-0.3, -0.25) is 4.79 Å². The van der Waals surface area contributed by atoms with Crippen LogP contribution in [0.25, 0.3) is 0 Å². The second-order valence-electron chi connectivity index (χ2n) is 4.63. The monoisotopic (exact) mass is 332 g/mol. The summed E-state index contributed by atoms with van der Waals surface area (Å²) in [6.45, 7) is 3.60. The lowest BCUT2D eigenvalue weighted by molar-refractivity contribution is -0.151. The molecule has 24 heavy (non-hydrogen) atoms. The number of hydrogen-bond acceptors (Lipinski definition) is 5. The quantitative estimate of drug-likeness (QED) is 0.585. The van der Waals surface area contributed by atoms with Gasteiger partial charge in [-0.05, 0) is 38.1 Å². The molecule has 0 aliphatic carbocycles.